The number of rotatable bonds is 4. The van der Waals surface area contributed by atoms with Crippen molar-refractivity contribution in [2.45, 2.75) is 59.8 Å². The summed E-state index contributed by atoms with van der Waals surface area (Å²) in [5.41, 5.74) is 12.0. The van der Waals surface area contributed by atoms with Crippen LogP contribution in [0.3, 0.4) is 0 Å². The third-order valence-electron chi connectivity index (χ3n) is 6.68. The molecule has 0 unspecified atom stereocenters. The van der Waals surface area contributed by atoms with Gasteiger partial charge in [0.25, 0.3) is 0 Å². The zero-order valence-electron chi connectivity index (χ0n) is 21.8. The van der Waals surface area contributed by atoms with Gasteiger partial charge in [-0.2, -0.15) is 0 Å². The first kappa shape index (κ1) is 23.6. The molecule has 3 heterocycles. The number of aromatic amines is 1. The molecule has 2 nitrogen and oxygen atoms in total. The van der Waals surface area contributed by atoms with Gasteiger partial charge in [0, 0.05) is 21.9 Å². The summed E-state index contributed by atoms with van der Waals surface area (Å²) in [7, 11) is 0. The molecule has 3 heteroatoms. The van der Waals surface area contributed by atoms with Crippen LogP contribution in [0.25, 0.3) is 43.7 Å². The summed E-state index contributed by atoms with van der Waals surface area (Å²) in [5, 5.41) is 3.40. The lowest BCUT2D eigenvalue weighted by Gasteiger charge is -2.24. The summed E-state index contributed by atoms with van der Waals surface area (Å²) in [6, 6.07) is 22.2. The van der Waals surface area contributed by atoms with Crippen LogP contribution in [-0.4, -0.2) is 9.97 Å². The van der Waals surface area contributed by atoms with Crippen molar-refractivity contribution >= 4 is 22.2 Å². The second-order valence-corrected chi connectivity index (χ2v) is 11.9. The maximum atomic E-state index is 5.45. The predicted molar refractivity (Wildman–Crippen MR) is 153 cm³/mol. The van der Waals surface area contributed by atoms with Gasteiger partial charge in [0.1, 0.15) is 0 Å². The lowest BCUT2D eigenvalue weighted by molar-refractivity contribution is 0.570. The quantitative estimate of drug-likeness (QED) is 0.274. The largest absolute Gasteiger partial charge is 0.353 e. The Balaban J connectivity index is 2.00. The molecule has 3 aromatic heterocycles. The van der Waals surface area contributed by atoms with Crippen LogP contribution in [0.2, 0.25) is 0 Å². The number of pyridine rings is 1. The van der Waals surface area contributed by atoms with E-state index in [2.05, 4.69) is 119 Å². The van der Waals surface area contributed by atoms with Gasteiger partial charge in [-0.25, -0.2) is 0 Å². The maximum absolute atomic E-state index is 5.45. The topological polar surface area (TPSA) is 28.7 Å². The van der Waals surface area contributed by atoms with E-state index in [1.165, 1.54) is 54.9 Å². The van der Waals surface area contributed by atoms with Crippen LogP contribution < -0.4 is 0 Å². The summed E-state index contributed by atoms with van der Waals surface area (Å²) in [5.74, 6) is 0.299. The molecule has 0 aliphatic heterocycles. The van der Waals surface area contributed by atoms with Gasteiger partial charge in [0.2, 0.25) is 0 Å². The van der Waals surface area contributed by atoms with Gasteiger partial charge >= 0.3 is 0 Å². The van der Waals surface area contributed by atoms with E-state index in [0.717, 1.165) is 11.4 Å². The minimum Gasteiger partial charge on any atom is -0.353 e. The SMILES string of the molecule is Cc1ccc(-c2c(C(C)C)nc(C(C)(C)C)c3c(-c4ccc(C)cc4)c(-c4cccs4)[nH]c23)cc1. The van der Waals surface area contributed by atoms with E-state index < -0.39 is 0 Å². The zero-order valence-corrected chi connectivity index (χ0v) is 22.6. The number of fused-ring (bicyclic) bond motifs is 1. The molecule has 0 spiro atoms. The van der Waals surface area contributed by atoms with E-state index in [9.17, 15) is 0 Å². The van der Waals surface area contributed by atoms with Gasteiger partial charge in [-0.3, -0.25) is 4.98 Å². The highest BCUT2D eigenvalue weighted by molar-refractivity contribution is 7.13. The van der Waals surface area contributed by atoms with E-state index in [0.29, 0.717) is 5.92 Å². The predicted octanol–water partition coefficient (Wildman–Crippen LogP) is 9.66. The Kier molecular flexibility index (Phi) is 5.93. The summed E-state index contributed by atoms with van der Waals surface area (Å²) < 4.78 is 0. The monoisotopic (exact) mass is 478 g/mol. The van der Waals surface area contributed by atoms with Gasteiger partial charge in [0.15, 0.2) is 0 Å². The molecule has 0 radical (unpaired) electrons. The van der Waals surface area contributed by atoms with Crippen molar-refractivity contribution in [3.05, 3.63) is 88.6 Å². The standard InChI is InChI=1S/C32H34N2S/c1-19(2)28-26(23-16-12-21(4)13-17-23)30-27(31(34-28)32(5,6)7)25(22-14-10-20(3)11-15-22)29(33-30)24-9-8-18-35-24/h8-19,33H,1-7H3. The number of aryl methyl sites for hydroxylation is 2. The number of benzene rings is 2. The summed E-state index contributed by atoms with van der Waals surface area (Å²) in [4.78, 5) is 10.6. The van der Waals surface area contributed by atoms with Crippen molar-refractivity contribution in [2.75, 3.05) is 0 Å². The molecule has 5 aromatic rings. The molecule has 35 heavy (non-hydrogen) atoms. The van der Waals surface area contributed by atoms with Crippen molar-refractivity contribution in [1.82, 2.24) is 9.97 Å². The van der Waals surface area contributed by atoms with Crippen molar-refractivity contribution < 1.29 is 0 Å². The highest BCUT2D eigenvalue weighted by Crippen LogP contribution is 2.47. The van der Waals surface area contributed by atoms with Crippen LogP contribution in [0.5, 0.6) is 0 Å². The van der Waals surface area contributed by atoms with Crippen LogP contribution in [-0.2, 0) is 5.41 Å². The molecule has 5 rings (SSSR count). The Morgan fingerprint density at radius 2 is 1.37 bits per heavy atom. The molecule has 1 N–H and O–H groups in total. The Morgan fingerprint density at radius 3 is 1.86 bits per heavy atom. The van der Waals surface area contributed by atoms with Gasteiger partial charge < -0.3 is 4.98 Å². The lowest BCUT2D eigenvalue weighted by atomic mass is 9.84. The molecule has 2 aromatic carbocycles. The number of nitrogens with one attached hydrogen (secondary N) is 1. The fraction of sp³-hybridized carbons (Fsp3) is 0.281. The van der Waals surface area contributed by atoms with Crippen LogP contribution in [0.1, 0.15) is 63.1 Å². The van der Waals surface area contributed by atoms with Gasteiger partial charge in [-0.15, -0.1) is 11.3 Å². The van der Waals surface area contributed by atoms with Crippen molar-refractivity contribution in [3.63, 3.8) is 0 Å². The summed E-state index contributed by atoms with van der Waals surface area (Å²) >= 11 is 1.78. The van der Waals surface area contributed by atoms with Crippen molar-refractivity contribution in [2.24, 2.45) is 0 Å². The Morgan fingerprint density at radius 1 is 0.800 bits per heavy atom. The highest BCUT2D eigenvalue weighted by atomic mass is 32.1. The minimum atomic E-state index is -0.109. The zero-order chi connectivity index (χ0) is 24.9. The second kappa shape index (κ2) is 8.80. The molecular weight excluding hydrogens is 444 g/mol. The van der Waals surface area contributed by atoms with E-state index >= 15 is 0 Å². The molecule has 0 amide bonds. The second-order valence-electron chi connectivity index (χ2n) is 11.0. The van der Waals surface area contributed by atoms with Crippen LogP contribution in [0.15, 0.2) is 66.0 Å². The van der Waals surface area contributed by atoms with Crippen LogP contribution >= 0.6 is 11.3 Å². The molecule has 0 fully saturated rings. The first-order valence-electron chi connectivity index (χ1n) is 12.4. The average Bonchev–Trinajstić information content (AvgIpc) is 3.46. The van der Waals surface area contributed by atoms with Crippen molar-refractivity contribution in [1.29, 1.82) is 0 Å². The molecule has 0 bridgehead atoms. The van der Waals surface area contributed by atoms with E-state index in [1.807, 2.05) is 0 Å². The van der Waals surface area contributed by atoms with E-state index in [4.69, 9.17) is 4.98 Å². The van der Waals surface area contributed by atoms with E-state index in [1.54, 1.807) is 11.3 Å². The Bertz CT molecular complexity index is 1480. The smallest absolute Gasteiger partial charge is 0.0646 e. The molecule has 178 valence electrons. The van der Waals surface area contributed by atoms with Gasteiger partial charge in [-0.05, 0) is 42.3 Å². The molecule has 0 saturated carbocycles. The Labute approximate surface area is 213 Å². The fourth-order valence-electron chi connectivity index (χ4n) is 4.87. The number of aromatic nitrogens is 2. The molecule has 0 saturated heterocycles. The first-order valence-corrected chi connectivity index (χ1v) is 13.3. The molecule has 0 aliphatic carbocycles. The number of nitrogens with zero attached hydrogens (tertiary/aromatic N) is 1. The van der Waals surface area contributed by atoms with Crippen molar-refractivity contribution in [3.8, 4) is 32.8 Å². The highest BCUT2D eigenvalue weighted by Gasteiger charge is 2.30. The number of H-pyrrole nitrogens is 1. The average molecular weight is 479 g/mol. The first-order chi connectivity index (χ1) is 16.6. The third kappa shape index (κ3) is 4.23. The minimum absolute atomic E-state index is 0.109. The molecular formula is C32H34N2S. The lowest BCUT2D eigenvalue weighted by Crippen LogP contribution is -2.16. The number of hydrogen-bond donors (Lipinski definition) is 1. The third-order valence-corrected chi connectivity index (χ3v) is 7.57. The maximum Gasteiger partial charge on any atom is 0.0646 e. The molecule has 0 aliphatic rings. The summed E-state index contributed by atoms with van der Waals surface area (Å²) in [6.07, 6.45) is 0. The number of hydrogen-bond acceptors (Lipinski definition) is 2. The van der Waals surface area contributed by atoms with Crippen LogP contribution in [0.4, 0.5) is 0 Å². The van der Waals surface area contributed by atoms with Gasteiger partial charge in [0.05, 0.1) is 27.5 Å². The molecule has 0 atom stereocenters. The number of thiophene rings is 1. The normalized spacial score (nSPS) is 12.1. The Hall–Kier alpha value is -3.17. The van der Waals surface area contributed by atoms with Crippen LogP contribution in [0, 0.1) is 13.8 Å². The van der Waals surface area contributed by atoms with Gasteiger partial charge in [-0.1, -0.05) is 100 Å². The summed E-state index contributed by atoms with van der Waals surface area (Å²) in [6.45, 7) is 15.6. The van der Waals surface area contributed by atoms with E-state index in [-0.39, 0.29) is 5.41 Å². The fourth-order valence-corrected chi connectivity index (χ4v) is 5.60.